The standard InChI is InChI=1S/3CH2O3.2Al.2Fe.3O/c3*2-1(3)4;;;;;;;/h3*(H2,2,3,4);;;;;;;/q;;;4*+3;3*-2/p-6. The molecule has 0 aliphatic rings. The van der Waals surface area contributed by atoms with Gasteiger partial charge in [0.1, 0.15) is 0 Å². The number of carboxylic acid groups (broad SMARTS) is 6. The fourth-order valence-corrected chi connectivity index (χ4v) is 0. The van der Waals surface area contributed by atoms with Gasteiger partial charge in [-0.05, 0) is 18.5 Å². The van der Waals surface area contributed by atoms with Crippen molar-refractivity contribution in [3.63, 3.8) is 0 Å². The van der Waals surface area contributed by atoms with Gasteiger partial charge in [0.05, 0.1) is 0 Å². The summed E-state index contributed by atoms with van der Waals surface area (Å²) in [5, 5.41) is 50.0. The van der Waals surface area contributed by atoms with E-state index in [0.29, 0.717) is 0 Å². The zero-order chi connectivity index (χ0) is 10.7. The molecule has 0 saturated carbocycles. The van der Waals surface area contributed by atoms with Crippen LogP contribution in [0.4, 0.5) is 14.4 Å². The third-order valence-electron chi connectivity index (χ3n) is 0. The molecule has 0 fully saturated rings. The van der Waals surface area contributed by atoms with Gasteiger partial charge in [0.25, 0.3) is 0 Å². The molecule has 0 heterocycles. The van der Waals surface area contributed by atoms with E-state index in [1.807, 2.05) is 0 Å². The maximum absolute atomic E-state index is 8.33. The summed E-state index contributed by atoms with van der Waals surface area (Å²) in [4.78, 5) is 25.0. The van der Waals surface area contributed by atoms with Crippen LogP contribution in [0.1, 0.15) is 0 Å². The van der Waals surface area contributed by atoms with Crippen LogP contribution in [0.25, 0.3) is 0 Å². The average Bonchev–Trinajstić information content (AvgIpc) is 1.54. The fourth-order valence-electron chi connectivity index (χ4n) is 0. The number of hydrogen-bond donors (Lipinski definition) is 0. The Labute approximate surface area is 148 Å². The van der Waals surface area contributed by atoms with Crippen molar-refractivity contribution in [3.8, 4) is 0 Å². The van der Waals surface area contributed by atoms with Crippen LogP contribution in [-0.2, 0) is 50.6 Å². The van der Waals surface area contributed by atoms with Crippen molar-refractivity contribution in [2.45, 2.75) is 0 Å². The average molecular weight is 394 g/mol. The molecular weight excluding hydrogens is 394 g/mol. The second-order valence-corrected chi connectivity index (χ2v) is 0.750. The molecule has 19 heavy (non-hydrogen) atoms. The summed E-state index contributed by atoms with van der Waals surface area (Å²) in [5.41, 5.74) is 0. The molecule has 0 aliphatic heterocycles. The maximum Gasteiger partial charge on any atom is 3.00 e. The first-order valence-corrected chi connectivity index (χ1v) is 1.84. The number of rotatable bonds is 0. The molecule has 0 N–H and O–H groups in total. The molecule has 0 aromatic rings. The van der Waals surface area contributed by atoms with E-state index < -0.39 is 18.5 Å². The van der Waals surface area contributed by atoms with Crippen molar-refractivity contribution in [3.05, 3.63) is 0 Å². The van der Waals surface area contributed by atoms with Crippen molar-refractivity contribution in [1.29, 1.82) is 0 Å². The van der Waals surface area contributed by atoms with E-state index in [1.54, 1.807) is 0 Å². The normalized spacial score (nSPS) is 3.79. The Morgan fingerprint density at radius 3 is 0.474 bits per heavy atom. The molecule has 0 atom stereocenters. The van der Waals surface area contributed by atoms with Gasteiger partial charge in [-0.25, -0.2) is 0 Å². The Morgan fingerprint density at radius 1 is 0.474 bits per heavy atom. The zero-order valence-corrected chi connectivity index (χ0v) is 12.8. The minimum Gasteiger partial charge on any atom is -2.00 e. The Kier molecular flexibility index (Phi) is 263. The van der Waals surface area contributed by atoms with Gasteiger partial charge in [0.15, 0.2) is 0 Å². The van der Waals surface area contributed by atoms with Crippen molar-refractivity contribution in [2.75, 3.05) is 0 Å². The first-order chi connectivity index (χ1) is 5.20. The molecule has 2 radical (unpaired) electrons. The van der Waals surface area contributed by atoms with Crippen LogP contribution in [-0.4, -0.2) is 53.2 Å². The quantitative estimate of drug-likeness (QED) is 0.352. The van der Waals surface area contributed by atoms with Crippen LogP contribution in [0.5, 0.6) is 0 Å². The van der Waals surface area contributed by atoms with E-state index >= 15 is 0 Å². The Balaban J connectivity index is -0.00000000675. The van der Waals surface area contributed by atoms with Gasteiger partial charge >= 0.3 is 68.9 Å². The first kappa shape index (κ1) is 76.9. The van der Waals surface area contributed by atoms with E-state index in [2.05, 4.69) is 0 Å². The molecule has 16 heteroatoms. The van der Waals surface area contributed by atoms with Gasteiger partial charge in [-0.2, -0.15) is 0 Å². The zero-order valence-electron chi connectivity index (χ0n) is 8.26. The molecular formula is C3Al2Fe2O12. The second-order valence-electron chi connectivity index (χ2n) is 0.750. The molecule has 0 unspecified atom stereocenters. The van der Waals surface area contributed by atoms with E-state index in [9.17, 15) is 0 Å². The van der Waals surface area contributed by atoms with Crippen molar-refractivity contribution < 1.29 is 95.6 Å². The van der Waals surface area contributed by atoms with Crippen LogP contribution in [0, 0.1) is 0 Å². The van der Waals surface area contributed by atoms with Crippen molar-refractivity contribution in [1.82, 2.24) is 0 Å². The number of carbonyl (C=O) groups excluding carboxylic acids is 3. The van der Waals surface area contributed by atoms with Crippen molar-refractivity contribution in [2.24, 2.45) is 0 Å². The van der Waals surface area contributed by atoms with Crippen molar-refractivity contribution >= 4 is 53.2 Å². The molecule has 0 spiro atoms. The summed E-state index contributed by atoms with van der Waals surface area (Å²) in [6.07, 6.45) is -7.00. The fraction of sp³-hybridized carbons (Fsp3) is 0. The molecule has 0 aliphatic carbocycles. The van der Waals surface area contributed by atoms with Crippen LogP contribution >= 0.6 is 0 Å². The van der Waals surface area contributed by atoms with E-state index in [4.69, 9.17) is 45.0 Å². The summed E-state index contributed by atoms with van der Waals surface area (Å²) in [6.45, 7) is 0. The van der Waals surface area contributed by atoms with Crippen LogP contribution in [0.15, 0.2) is 0 Å². The third-order valence-corrected chi connectivity index (χ3v) is 0. The summed E-state index contributed by atoms with van der Waals surface area (Å²) in [7, 11) is 0. The third kappa shape index (κ3) is 104000. The molecule has 0 rings (SSSR count). The maximum atomic E-state index is 8.33. The Bertz CT molecular complexity index is 127. The molecule has 12 nitrogen and oxygen atoms in total. The van der Waals surface area contributed by atoms with Gasteiger partial charge in [-0.3, -0.25) is 0 Å². The molecule has 0 bridgehead atoms. The molecule has 0 aromatic heterocycles. The molecule has 0 amide bonds. The predicted octanol–water partition coefficient (Wildman–Crippen LogP) is -8.46. The second kappa shape index (κ2) is 64.9. The summed E-state index contributed by atoms with van der Waals surface area (Å²) >= 11 is 0. The summed E-state index contributed by atoms with van der Waals surface area (Å²) in [6, 6.07) is 0. The van der Waals surface area contributed by atoms with E-state index in [1.165, 1.54) is 0 Å². The van der Waals surface area contributed by atoms with Gasteiger partial charge in [0.2, 0.25) is 0 Å². The topological polar surface area (TPSA) is 275 Å². The smallest absolute Gasteiger partial charge is 2.00 e. The SMILES string of the molecule is O=C([O-])[O-].O=C([O-])[O-].O=C([O-])[O-].[Al+3].[Al+3].[Fe+3].[Fe+3].[O-2].[O-2].[O-2]. The van der Waals surface area contributed by atoms with Crippen LogP contribution in [0.3, 0.4) is 0 Å². The monoisotopic (exact) mass is 394 g/mol. The van der Waals surface area contributed by atoms with Crippen LogP contribution < -0.4 is 30.6 Å². The summed E-state index contributed by atoms with van der Waals surface area (Å²) in [5.74, 6) is 0. The Hall–Kier alpha value is -0.206. The van der Waals surface area contributed by atoms with Gasteiger partial charge < -0.3 is 61.5 Å². The first-order valence-electron chi connectivity index (χ1n) is 1.84. The minimum atomic E-state index is -2.33. The Morgan fingerprint density at radius 2 is 0.474 bits per heavy atom. The largest absolute Gasteiger partial charge is 3.00 e. The van der Waals surface area contributed by atoms with Crippen LogP contribution in [0.2, 0.25) is 0 Å². The van der Waals surface area contributed by atoms with Gasteiger partial charge in [0, 0.05) is 0 Å². The number of carbonyl (C=O) groups is 3. The van der Waals surface area contributed by atoms with E-state index in [0.717, 1.165) is 0 Å². The minimum absolute atomic E-state index is 0. The van der Waals surface area contributed by atoms with Gasteiger partial charge in [-0.1, -0.05) is 0 Å². The predicted molar refractivity (Wildman–Crippen MR) is 29.8 cm³/mol. The molecule has 0 aromatic carbocycles. The number of hydrogen-bond acceptors (Lipinski definition) is 9. The molecule has 106 valence electrons. The summed E-state index contributed by atoms with van der Waals surface area (Å²) < 4.78 is 0. The van der Waals surface area contributed by atoms with Gasteiger partial charge in [-0.15, -0.1) is 0 Å². The molecule has 0 saturated heterocycles. The van der Waals surface area contributed by atoms with E-state index in [-0.39, 0.29) is 85.3 Å².